The smallest absolute Gasteiger partial charge is 0.135 e. The van der Waals surface area contributed by atoms with Crippen molar-refractivity contribution in [1.82, 2.24) is 19.9 Å². The van der Waals surface area contributed by atoms with E-state index in [1.165, 1.54) is 17.7 Å². The van der Waals surface area contributed by atoms with E-state index in [2.05, 4.69) is 21.3 Å². The molecule has 1 unspecified atom stereocenters. The number of likely N-dealkylation sites (tertiary alicyclic amines) is 1. The molecule has 4 heterocycles. The first-order valence-corrected chi connectivity index (χ1v) is 9.29. The monoisotopic (exact) mass is 386 g/mol. The fourth-order valence-corrected chi connectivity index (χ4v) is 4.23. The third-order valence-corrected chi connectivity index (χ3v) is 5.58. The van der Waals surface area contributed by atoms with E-state index in [-0.39, 0.29) is 17.7 Å². The lowest BCUT2D eigenvalue weighted by Gasteiger charge is -2.26. The van der Waals surface area contributed by atoms with Gasteiger partial charge in [0.25, 0.3) is 0 Å². The highest BCUT2D eigenvalue weighted by molar-refractivity contribution is 5.62. The van der Waals surface area contributed by atoms with Crippen molar-refractivity contribution in [2.75, 3.05) is 13.1 Å². The lowest BCUT2D eigenvalue weighted by molar-refractivity contribution is -0.00495. The highest BCUT2D eigenvalue weighted by Crippen LogP contribution is 2.35. The number of ether oxygens (including phenoxy) is 1. The third kappa shape index (κ3) is 2.84. The molecule has 5 rings (SSSR count). The van der Waals surface area contributed by atoms with Gasteiger partial charge in [0.2, 0.25) is 0 Å². The second kappa shape index (κ2) is 6.49. The van der Waals surface area contributed by atoms with Gasteiger partial charge in [-0.2, -0.15) is 0 Å². The predicted octanol–water partition coefficient (Wildman–Crippen LogP) is 3.39. The lowest BCUT2D eigenvalue weighted by atomic mass is 10.1. The second-order valence-corrected chi connectivity index (χ2v) is 7.50. The number of hydrogen-bond donors (Lipinski definition) is 0. The van der Waals surface area contributed by atoms with E-state index in [0.29, 0.717) is 12.3 Å². The average Bonchev–Trinajstić information content (AvgIpc) is 3.31. The van der Waals surface area contributed by atoms with E-state index >= 15 is 0 Å². The molecular weight excluding hydrogens is 366 g/mol. The van der Waals surface area contributed by atoms with Crippen LogP contribution < -0.4 is 0 Å². The van der Waals surface area contributed by atoms with Crippen LogP contribution in [0.5, 0.6) is 0 Å². The van der Waals surface area contributed by atoms with E-state index in [1.807, 2.05) is 18.5 Å². The molecule has 0 amide bonds. The molecule has 146 valence electrons. The van der Waals surface area contributed by atoms with Gasteiger partial charge in [0.1, 0.15) is 28.8 Å². The number of aromatic nitrogens is 3. The number of rotatable bonds is 3. The van der Waals surface area contributed by atoms with Gasteiger partial charge in [0.05, 0.1) is 24.4 Å². The number of hydrogen-bond acceptors (Lipinski definition) is 5. The summed E-state index contributed by atoms with van der Waals surface area (Å²) in [5.41, 5.74) is 2.55. The maximum absolute atomic E-state index is 14.2. The summed E-state index contributed by atoms with van der Waals surface area (Å²) in [5, 5.41) is 8.47. The van der Waals surface area contributed by atoms with Crippen LogP contribution in [0.2, 0.25) is 0 Å². The molecule has 2 aromatic heterocycles. The standard InChI is InChI=1S/C20H20F2N4O2/c1-11-5-13(12(2)28-11)7-25-8-17-19(9-25)27-10-18-20(23-24-26(17)18)15-4-3-14(21)6-16(15)22/h3-6,17,19H,7-10H2,1-2H3/t17-,19?/m0/s1. The fourth-order valence-electron chi connectivity index (χ4n) is 4.23. The molecular formula is C20H20F2N4O2. The average molecular weight is 386 g/mol. The van der Waals surface area contributed by atoms with Crippen molar-refractivity contribution in [3.8, 4) is 11.3 Å². The molecule has 0 N–H and O–H groups in total. The molecule has 0 spiro atoms. The van der Waals surface area contributed by atoms with Crippen molar-refractivity contribution in [1.29, 1.82) is 0 Å². The van der Waals surface area contributed by atoms with E-state index in [0.717, 1.165) is 42.9 Å². The van der Waals surface area contributed by atoms with Gasteiger partial charge in [-0.25, -0.2) is 13.5 Å². The molecule has 8 heteroatoms. The summed E-state index contributed by atoms with van der Waals surface area (Å²) in [6.45, 7) is 6.55. The number of halogens is 2. The first-order valence-electron chi connectivity index (χ1n) is 9.29. The third-order valence-electron chi connectivity index (χ3n) is 5.58. The van der Waals surface area contributed by atoms with Crippen molar-refractivity contribution in [3.05, 3.63) is 58.7 Å². The molecule has 0 bridgehead atoms. The van der Waals surface area contributed by atoms with Crippen LogP contribution in [0.3, 0.4) is 0 Å². The first-order chi connectivity index (χ1) is 13.5. The van der Waals surface area contributed by atoms with Crippen LogP contribution in [0.4, 0.5) is 8.78 Å². The molecule has 28 heavy (non-hydrogen) atoms. The van der Waals surface area contributed by atoms with Gasteiger partial charge in [-0.3, -0.25) is 4.90 Å². The molecule has 2 aliphatic rings. The molecule has 0 aliphatic carbocycles. The Morgan fingerprint density at radius 2 is 2.04 bits per heavy atom. The Morgan fingerprint density at radius 1 is 1.18 bits per heavy atom. The summed E-state index contributed by atoms with van der Waals surface area (Å²) >= 11 is 0. The predicted molar refractivity (Wildman–Crippen MR) is 96.4 cm³/mol. The van der Waals surface area contributed by atoms with Crippen LogP contribution in [0.1, 0.15) is 28.8 Å². The van der Waals surface area contributed by atoms with E-state index in [4.69, 9.17) is 9.15 Å². The molecule has 1 aromatic carbocycles. The zero-order chi connectivity index (χ0) is 19.4. The summed E-state index contributed by atoms with van der Waals surface area (Å²) < 4.78 is 41.0. The first kappa shape index (κ1) is 17.5. The van der Waals surface area contributed by atoms with Crippen molar-refractivity contribution in [2.24, 2.45) is 0 Å². The summed E-state index contributed by atoms with van der Waals surface area (Å²) in [6, 6.07) is 5.56. The van der Waals surface area contributed by atoms with Crippen LogP contribution in [0.25, 0.3) is 11.3 Å². The largest absolute Gasteiger partial charge is 0.466 e. The molecule has 0 saturated carbocycles. The van der Waals surface area contributed by atoms with Crippen LogP contribution in [0.15, 0.2) is 28.7 Å². The van der Waals surface area contributed by atoms with Crippen molar-refractivity contribution >= 4 is 0 Å². The minimum Gasteiger partial charge on any atom is -0.466 e. The number of benzene rings is 1. The second-order valence-electron chi connectivity index (χ2n) is 7.50. The Kier molecular flexibility index (Phi) is 4.06. The Balaban J connectivity index is 1.41. The number of aryl methyl sites for hydroxylation is 2. The highest BCUT2D eigenvalue weighted by atomic mass is 19.1. The quantitative estimate of drug-likeness (QED) is 0.691. The van der Waals surface area contributed by atoms with Gasteiger partial charge in [-0.1, -0.05) is 5.21 Å². The normalized spacial score (nSPS) is 21.7. The van der Waals surface area contributed by atoms with Gasteiger partial charge in [-0.05, 0) is 32.0 Å². The molecule has 6 nitrogen and oxygen atoms in total. The number of nitrogens with zero attached hydrogens (tertiary/aromatic N) is 4. The summed E-state index contributed by atoms with van der Waals surface area (Å²) in [5.74, 6) is 0.577. The Bertz CT molecular complexity index is 1050. The maximum Gasteiger partial charge on any atom is 0.135 e. The Labute approximate surface area is 160 Å². The molecule has 3 aromatic rings. The van der Waals surface area contributed by atoms with E-state index in [1.54, 1.807) is 0 Å². The Morgan fingerprint density at radius 3 is 2.79 bits per heavy atom. The maximum atomic E-state index is 14.2. The zero-order valence-electron chi connectivity index (χ0n) is 15.7. The molecule has 2 aliphatic heterocycles. The molecule has 2 atom stereocenters. The van der Waals surface area contributed by atoms with Crippen LogP contribution in [-0.2, 0) is 17.9 Å². The van der Waals surface area contributed by atoms with E-state index < -0.39 is 11.6 Å². The fraction of sp³-hybridized carbons (Fsp3) is 0.400. The summed E-state index contributed by atoms with van der Waals surface area (Å²) in [7, 11) is 0. The van der Waals surface area contributed by atoms with E-state index in [9.17, 15) is 8.78 Å². The van der Waals surface area contributed by atoms with Gasteiger partial charge in [0.15, 0.2) is 0 Å². The van der Waals surface area contributed by atoms with Gasteiger partial charge in [0, 0.05) is 36.8 Å². The topological polar surface area (TPSA) is 56.3 Å². The van der Waals surface area contributed by atoms with Crippen molar-refractivity contribution in [3.63, 3.8) is 0 Å². The van der Waals surface area contributed by atoms with Gasteiger partial charge >= 0.3 is 0 Å². The van der Waals surface area contributed by atoms with Gasteiger partial charge in [-0.15, -0.1) is 5.10 Å². The molecule has 1 fully saturated rings. The van der Waals surface area contributed by atoms with Crippen LogP contribution >= 0.6 is 0 Å². The SMILES string of the molecule is Cc1cc(CN2CC3OCc4c(-c5ccc(F)cc5F)nnn4[C@H]3C2)c(C)o1. The Hall–Kier alpha value is -2.58. The lowest BCUT2D eigenvalue weighted by Crippen LogP contribution is -2.32. The minimum atomic E-state index is -0.649. The molecule has 1 saturated heterocycles. The molecule has 0 radical (unpaired) electrons. The zero-order valence-corrected chi connectivity index (χ0v) is 15.7. The van der Waals surface area contributed by atoms with Crippen molar-refractivity contribution < 1.29 is 17.9 Å². The summed E-state index contributed by atoms with van der Waals surface area (Å²) in [4.78, 5) is 2.31. The van der Waals surface area contributed by atoms with Crippen LogP contribution in [0, 0.1) is 25.5 Å². The summed E-state index contributed by atoms with van der Waals surface area (Å²) in [6.07, 6.45) is 0.00780. The minimum absolute atomic E-state index is 0.00780. The highest BCUT2D eigenvalue weighted by Gasteiger charge is 2.41. The van der Waals surface area contributed by atoms with Crippen molar-refractivity contribution in [2.45, 2.75) is 39.1 Å². The van der Waals surface area contributed by atoms with Gasteiger partial charge < -0.3 is 9.15 Å². The number of furan rings is 1. The van der Waals surface area contributed by atoms with Crippen LogP contribution in [-0.4, -0.2) is 39.1 Å². The number of fused-ring (bicyclic) bond motifs is 3.